The van der Waals surface area contributed by atoms with Gasteiger partial charge in [-0.15, -0.1) is 0 Å². The molecule has 0 saturated carbocycles. The Bertz CT molecular complexity index is 888. The molecule has 0 aliphatic carbocycles. The molecule has 26 heavy (non-hydrogen) atoms. The molecule has 0 unspecified atom stereocenters. The van der Waals surface area contributed by atoms with Crippen LogP contribution < -0.4 is 11.1 Å². The maximum absolute atomic E-state index is 12.7. The predicted molar refractivity (Wildman–Crippen MR) is 99.7 cm³/mol. The number of nitrogens with one attached hydrogen (secondary N) is 1. The van der Waals surface area contributed by atoms with Crippen LogP contribution in [0.5, 0.6) is 0 Å². The van der Waals surface area contributed by atoms with Crippen molar-refractivity contribution in [2.45, 2.75) is 6.04 Å². The normalized spacial score (nSPS) is 10.5. The molecule has 0 atom stereocenters. The number of nitrogen functional groups attached to an aromatic ring is 1. The van der Waals surface area contributed by atoms with Gasteiger partial charge in [-0.1, -0.05) is 60.7 Å². The molecule has 0 aromatic heterocycles. The van der Waals surface area contributed by atoms with E-state index >= 15 is 0 Å². The Morgan fingerprint density at radius 3 is 1.96 bits per heavy atom. The van der Waals surface area contributed by atoms with E-state index < -0.39 is 10.8 Å². The van der Waals surface area contributed by atoms with E-state index in [4.69, 9.17) is 5.73 Å². The van der Waals surface area contributed by atoms with E-state index in [1.165, 1.54) is 18.2 Å². The summed E-state index contributed by atoms with van der Waals surface area (Å²) in [6.07, 6.45) is 0. The SMILES string of the molecule is Nc1ccc(C(=O)NC(c2ccccc2)c2ccccc2)cc1[N+](=O)[O-]. The number of amides is 1. The van der Waals surface area contributed by atoms with Crippen molar-refractivity contribution in [3.05, 3.63) is 106 Å². The summed E-state index contributed by atoms with van der Waals surface area (Å²) < 4.78 is 0. The van der Waals surface area contributed by atoms with E-state index in [-0.39, 0.29) is 23.0 Å². The largest absolute Gasteiger partial charge is 0.393 e. The highest BCUT2D eigenvalue weighted by Gasteiger charge is 2.20. The Balaban J connectivity index is 1.94. The van der Waals surface area contributed by atoms with E-state index in [1.54, 1.807) is 0 Å². The number of nitrogens with two attached hydrogens (primary N) is 1. The lowest BCUT2D eigenvalue weighted by Crippen LogP contribution is -2.29. The number of hydrogen-bond donors (Lipinski definition) is 2. The van der Waals surface area contributed by atoms with Gasteiger partial charge in [-0.05, 0) is 23.3 Å². The summed E-state index contributed by atoms with van der Waals surface area (Å²) in [4.78, 5) is 23.2. The van der Waals surface area contributed by atoms with Gasteiger partial charge in [0.2, 0.25) is 0 Å². The molecular formula is C20H17N3O3. The van der Waals surface area contributed by atoms with Crippen LogP contribution in [0.4, 0.5) is 11.4 Å². The third-order valence-electron chi connectivity index (χ3n) is 4.03. The molecule has 3 rings (SSSR count). The molecular weight excluding hydrogens is 330 g/mol. The second-order valence-corrected chi connectivity index (χ2v) is 5.76. The standard InChI is InChI=1S/C20H17N3O3/c21-17-12-11-16(13-18(17)23(25)26)20(24)22-19(14-7-3-1-4-8-14)15-9-5-2-6-10-15/h1-13,19H,21H2,(H,22,24). The molecule has 1 amide bonds. The molecule has 0 bridgehead atoms. The van der Waals surface area contributed by atoms with Crippen molar-refractivity contribution in [2.24, 2.45) is 0 Å². The Labute approximate surface area is 150 Å². The van der Waals surface area contributed by atoms with Crippen LogP contribution in [0.3, 0.4) is 0 Å². The summed E-state index contributed by atoms with van der Waals surface area (Å²) in [6, 6.07) is 22.7. The molecule has 0 aliphatic heterocycles. The molecule has 6 heteroatoms. The van der Waals surface area contributed by atoms with Crippen molar-refractivity contribution in [2.75, 3.05) is 5.73 Å². The molecule has 130 valence electrons. The van der Waals surface area contributed by atoms with Gasteiger partial charge >= 0.3 is 0 Å². The molecule has 6 nitrogen and oxygen atoms in total. The number of carbonyl (C=O) groups excluding carboxylic acids is 1. The quantitative estimate of drug-likeness (QED) is 0.418. The van der Waals surface area contributed by atoms with Gasteiger partial charge < -0.3 is 11.1 Å². The van der Waals surface area contributed by atoms with Gasteiger partial charge in [-0.25, -0.2) is 0 Å². The van der Waals surface area contributed by atoms with Gasteiger partial charge in [0, 0.05) is 11.6 Å². The van der Waals surface area contributed by atoms with Gasteiger partial charge in [0.25, 0.3) is 11.6 Å². The highest BCUT2D eigenvalue weighted by atomic mass is 16.6. The maximum Gasteiger partial charge on any atom is 0.292 e. The van der Waals surface area contributed by atoms with E-state index in [9.17, 15) is 14.9 Å². The smallest absolute Gasteiger partial charge is 0.292 e. The van der Waals surface area contributed by atoms with E-state index in [2.05, 4.69) is 5.32 Å². The number of benzene rings is 3. The van der Waals surface area contributed by atoms with E-state index in [0.717, 1.165) is 11.1 Å². The molecule has 3 aromatic rings. The zero-order chi connectivity index (χ0) is 18.5. The third-order valence-corrected chi connectivity index (χ3v) is 4.03. The topological polar surface area (TPSA) is 98.3 Å². The van der Waals surface area contributed by atoms with Crippen LogP contribution in [0.2, 0.25) is 0 Å². The number of nitrogens with zero attached hydrogens (tertiary/aromatic N) is 1. The second-order valence-electron chi connectivity index (χ2n) is 5.76. The summed E-state index contributed by atoms with van der Waals surface area (Å²) in [6.45, 7) is 0. The Morgan fingerprint density at radius 1 is 0.923 bits per heavy atom. The van der Waals surface area contributed by atoms with Crippen LogP contribution >= 0.6 is 0 Å². The fraction of sp³-hybridized carbons (Fsp3) is 0.0500. The van der Waals surface area contributed by atoms with Crippen molar-refractivity contribution in [1.29, 1.82) is 0 Å². The average Bonchev–Trinajstić information content (AvgIpc) is 2.67. The second kappa shape index (κ2) is 7.48. The van der Waals surface area contributed by atoms with Crippen molar-refractivity contribution < 1.29 is 9.72 Å². The van der Waals surface area contributed by atoms with Crippen LogP contribution in [0, 0.1) is 10.1 Å². The lowest BCUT2D eigenvalue weighted by molar-refractivity contribution is -0.383. The van der Waals surface area contributed by atoms with E-state index in [0.29, 0.717) is 0 Å². The number of nitro benzene ring substituents is 1. The number of nitro groups is 1. The Kier molecular flexibility index (Phi) is 4.94. The Morgan fingerprint density at radius 2 is 1.46 bits per heavy atom. The molecule has 0 saturated heterocycles. The molecule has 0 spiro atoms. The molecule has 0 heterocycles. The van der Waals surface area contributed by atoms with Crippen molar-refractivity contribution in [3.63, 3.8) is 0 Å². The maximum atomic E-state index is 12.7. The fourth-order valence-electron chi connectivity index (χ4n) is 2.71. The molecule has 0 aliphatic rings. The first-order valence-corrected chi connectivity index (χ1v) is 8.01. The van der Waals surface area contributed by atoms with Crippen LogP contribution in [-0.2, 0) is 0 Å². The monoisotopic (exact) mass is 347 g/mol. The van der Waals surface area contributed by atoms with Gasteiger partial charge in [-0.3, -0.25) is 14.9 Å². The molecule has 0 fully saturated rings. The summed E-state index contributed by atoms with van der Waals surface area (Å²) in [5.41, 5.74) is 7.35. The third kappa shape index (κ3) is 3.70. The van der Waals surface area contributed by atoms with Crippen molar-refractivity contribution in [3.8, 4) is 0 Å². The number of hydrogen-bond acceptors (Lipinski definition) is 4. The summed E-state index contributed by atoms with van der Waals surface area (Å²) >= 11 is 0. The summed E-state index contributed by atoms with van der Waals surface area (Å²) in [7, 11) is 0. The minimum atomic E-state index is -0.599. The first-order chi connectivity index (χ1) is 12.6. The highest BCUT2D eigenvalue weighted by molar-refractivity contribution is 5.96. The lowest BCUT2D eigenvalue weighted by Gasteiger charge is -2.20. The van der Waals surface area contributed by atoms with Crippen LogP contribution in [0.15, 0.2) is 78.9 Å². The lowest BCUT2D eigenvalue weighted by atomic mass is 9.98. The Hall–Kier alpha value is -3.67. The number of rotatable bonds is 5. The average molecular weight is 347 g/mol. The molecule has 3 N–H and O–H groups in total. The van der Waals surface area contributed by atoms with Gasteiger partial charge in [0.05, 0.1) is 11.0 Å². The number of carbonyl (C=O) groups is 1. The fourth-order valence-corrected chi connectivity index (χ4v) is 2.71. The summed E-state index contributed by atoms with van der Waals surface area (Å²) in [5.74, 6) is -0.411. The number of anilines is 1. The van der Waals surface area contributed by atoms with Crippen molar-refractivity contribution >= 4 is 17.3 Å². The van der Waals surface area contributed by atoms with Crippen LogP contribution in [0.25, 0.3) is 0 Å². The zero-order valence-electron chi connectivity index (χ0n) is 13.8. The minimum Gasteiger partial charge on any atom is -0.393 e. The minimum absolute atomic E-state index is 0.0224. The first-order valence-electron chi connectivity index (χ1n) is 8.01. The van der Waals surface area contributed by atoms with E-state index in [1.807, 2.05) is 60.7 Å². The van der Waals surface area contributed by atoms with Gasteiger partial charge in [0.15, 0.2) is 0 Å². The van der Waals surface area contributed by atoms with Gasteiger partial charge in [-0.2, -0.15) is 0 Å². The van der Waals surface area contributed by atoms with Crippen LogP contribution in [0.1, 0.15) is 27.5 Å². The first kappa shape index (κ1) is 17.2. The highest BCUT2D eigenvalue weighted by Crippen LogP contribution is 2.25. The van der Waals surface area contributed by atoms with Gasteiger partial charge in [0.1, 0.15) is 5.69 Å². The predicted octanol–water partition coefficient (Wildman–Crippen LogP) is 3.70. The van der Waals surface area contributed by atoms with Crippen molar-refractivity contribution in [1.82, 2.24) is 5.32 Å². The summed E-state index contributed by atoms with van der Waals surface area (Å²) in [5, 5.41) is 14.0. The zero-order valence-corrected chi connectivity index (χ0v) is 13.8. The van der Waals surface area contributed by atoms with Crippen LogP contribution in [-0.4, -0.2) is 10.8 Å². The molecule has 3 aromatic carbocycles. The molecule has 0 radical (unpaired) electrons.